The third kappa shape index (κ3) is 4.05. The van der Waals surface area contributed by atoms with Gasteiger partial charge in [-0.05, 0) is 32.0 Å². The first kappa shape index (κ1) is 15.4. The molecule has 0 aliphatic heterocycles. The lowest BCUT2D eigenvalue weighted by atomic mass is 9.95. The van der Waals surface area contributed by atoms with E-state index in [2.05, 4.69) is 16.4 Å². The fourth-order valence-corrected chi connectivity index (χ4v) is 4.09. The van der Waals surface area contributed by atoms with Crippen LogP contribution < -0.4 is 5.32 Å². The van der Waals surface area contributed by atoms with Crippen LogP contribution in [-0.4, -0.2) is 35.4 Å². The number of benzene rings is 1. The highest BCUT2D eigenvalue weighted by Crippen LogP contribution is 2.22. The highest BCUT2D eigenvalue weighted by molar-refractivity contribution is 7.18. The van der Waals surface area contributed by atoms with Crippen molar-refractivity contribution in [3.8, 4) is 0 Å². The predicted molar refractivity (Wildman–Crippen MR) is 91.0 cm³/mol. The Morgan fingerprint density at radius 3 is 2.86 bits per heavy atom. The second-order valence-electron chi connectivity index (χ2n) is 6.15. The number of amides is 1. The highest BCUT2D eigenvalue weighted by atomic mass is 32.1. The van der Waals surface area contributed by atoms with Crippen molar-refractivity contribution < 1.29 is 4.79 Å². The average molecular weight is 317 g/mol. The van der Waals surface area contributed by atoms with Crippen LogP contribution >= 0.6 is 11.3 Å². The fourth-order valence-electron chi connectivity index (χ4n) is 3.04. The molecule has 1 fully saturated rings. The Bertz CT molecular complexity index is 601. The minimum absolute atomic E-state index is 0.135. The maximum Gasteiger partial charge on any atom is 0.234 e. The summed E-state index contributed by atoms with van der Waals surface area (Å²) in [7, 11) is 1.98. The van der Waals surface area contributed by atoms with E-state index in [0.717, 1.165) is 29.9 Å². The SMILES string of the molecule is CN(CC(=O)NC1CCCCC1)Cc1nc2ccccc2s1. The molecule has 0 atom stereocenters. The van der Waals surface area contributed by atoms with E-state index >= 15 is 0 Å². The summed E-state index contributed by atoms with van der Waals surface area (Å²) >= 11 is 1.70. The lowest BCUT2D eigenvalue weighted by Crippen LogP contribution is -2.41. The molecule has 1 saturated carbocycles. The summed E-state index contributed by atoms with van der Waals surface area (Å²) in [4.78, 5) is 18.8. The van der Waals surface area contributed by atoms with Gasteiger partial charge in [-0.2, -0.15) is 0 Å². The lowest BCUT2D eigenvalue weighted by molar-refractivity contribution is -0.123. The first-order valence-electron chi connectivity index (χ1n) is 8.03. The number of hydrogen-bond acceptors (Lipinski definition) is 4. The molecule has 1 aliphatic rings. The number of fused-ring (bicyclic) bond motifs is 1. The third-order valence-corrected chi connectivity index (χ3v) is 5.15. The van der Waals surface area contributed by atoms with E-state index in [9.17, 15) is 4.79 Å². The number of carbonyl (C=O) groups is 1. The van der Waals surface area contributed by atoms with E-state index < -0.39 is 0 Å². The molecule has 1 heterocycles. The van der Waals surface area contributed by atoms with Gasteiger partial charge in [0.2, 0.25) is 5.91 Å². The Hall–Kier alpha value is -1.46. The lowest BCUT2D eigenvalue weighted by Gasteiger charge is -2.24. The summed E-state index contributed by atoms with van der Waals surface area (Å²) in [6, 6.07) is 8.55. The molecule has 1 aromatic heterocycles. The van der Waals surface area contributed by atoms with Crippen LogP contribution in [0.25, 0.3) is 10.2 Å². The molecule has 1 N–H and O–H groups in total. The second-order valence-corrected chi connectivity index (χ2v) is 7.27. The van der Waals surface area contributed by atoms with Gasteiger partial charge < -0.3 is 5.32 Å². The number of carbonyl (C=O) groups excluding carboxylic acids is 1. The van der Waals surface area contributed by atoms with Crippen LogP contribution in [0.2, 0.25) is 0 Å². The Morgan fingerprint density at radius 1 is 1.32 bits per heavy atom. The molecule has 0 radical (unpaired) electrons. The average Bonchev–Trinajstić information content (AvgIpc) is 2.89. The van der Waals surface area contributed by atoms with Crippen LogP contribution in [-0.2, 0) is 11.3 Å². The summed E-state index contributed by atoms with van der Waals surface area (Å²) < 4.78 is 1.21. The molecular formula is C17H23N3OS. The highest BCUT2D eigenvalue weighted by Gasteiger charge is 2.17. The monoisotopic (exact) mass is 317 g/mol. The summed E-state index contributed by atoms with van der Waals surface area (Å²) in [6.45, 7) is 1.16. The molecule has 1 aliphatic carbocycles. The zero-order chi connectivity index (χ0) is 15.4. The largest absolute Gasteiger partial charge is 0.352 e. The minimum Gasteiger partial charge on any atom is -0.352 e. The topological polar surface area (TPSA) is 45.2 Å². The van der Waals surface area contributed by atoms with Crippen LogP contribution in [0.15, 0.2) is 24.3 Å². The minimum atomic E-state index is 0.135. The molecule has 118 valence electrons. The number of nitrogens with one attached hydrogen (secondary N) is 1. The molecule has 4 nitrogen and oxygen atoms in total. The van der Waals surface area contributed by atoms with Gasteiger partial charge in [-0.25, -0.2) is 4.98 Å². The Kier molecular flexibility index (Phi) is 5.05. The van der Waals surface area contributed by atoms with Crippen LogP contribution in [0.4, 0.5) is 0 Å². The van der Waals surface area contributed by atoms with E-state index in [1.807, 2.05) is 30.1 Å². The van der Waals surface area contributed by atoms with Gasteiger partial charge in [0.05, 0.1) is 23.3 Å². The molecule has 22 heavy (non-hydrogen) atoms. The Labute approximate surface area is 135 Å². The maximum atomic E-state index is 12.1. The zero-order valence-electron chi connectivity index (χ0n) is 13.0. The molecule has 0 unspecified atom stereocenters. The smallest absolute Gasteiger partial charge is 0.234 e. The number of thiazole rings is 1. The number of para-hydroxylation sites is 1. The van der Waals surface area contributed by atoms with E-state index in [4.69, 9.17) is 0 Å². The van der Waals surface area contributed by atoms with Crippen molar-refractivity contribution in [1.29, 1.82) is 0 Å². The van der Waals surface area contributed by atoms with Crippen molar-refractivity contribution >= 4 is 27.5 Å². The van der Waals surface area contributed by atoms with Gasteiger partial charge in [0, 0.05) is 6.04 Å². The third-order valence-electron chi connectivity index (χ3n) is 4.13. The maximum absolute atomic E-state index is 12.1. The number of nitrogens with zero attached hydrogens (tertiary/aromatic N) is 2. The van der Waals surface area contributed by atoms with Gasteiger partial charge in [-0.1, -0.05) is 31.4 Å². The number of hydrogen-bond donors (Lipinski definition) is 1. The molecule has 0 bridgehead atoms. The molecular weight excluding hydrogens is 294 g/mol. The van der Waals surface area contributed by atoms with Crippen molar-refractivity contribution in [2.24, 2.45) is 0 Å². The van der Waals surface area contributed by atoms with Crippen molar-refractivity contribution in [3.63, 3.8) is 0 Å². The van der Waals surface area contributed by atoms with Gasteiger partial charge in [-0.15, -0.1) is 11.3 Å². The molecule has 0 saturated heterocycles. The Morgan fingerprint density at radius 2 is 2.09 bits per heavy atom. The van der Waals surface area contributed by atoms with Crippen molar-refractivity contribution in [2.45, 2.75) is 44.7 Å². The van der Waals surface area contributed by atoms with E-state index in [0.29, 0.717) is 12.6 Å². The summed E-state index contributed by atoms with van der Waals surface area (Å²) in [6.07, 6.45) is 6.06. The fraction of sp³-hybridized carbons (Fsp3) is 0.529. The first-order valence-corrected chi connectivity index (χ1v) is 8.85. The number of aromatic nitrogens is 1. The summed E-state index contributed by atoms with van der Waals surface area (Å²) in [5, 5.41) is 4.23. The Balaban J connectivity index is 1.50. The molecule has 1 amide bonds. The van der Waals surface area contributed by atoms with Crippen LogP contribution in [0.3, 0.4) is 0 Å². The number of likely N-dealkylation sites (N-methyl/N-ethyl adjacent to an activating group) is 1. The van der Waals surface area contributed by atoms with Gasteiger partial charge in [0.25, 0.3) is 0 Å². The van der Waals surface area contributed by atoms with Gasteiger partial charge in [-0.3, -0.25) is 9.69 Å². The standard InChI is InChI=1S/C17H23N3OS/c1-20(11-16(21)18-13-7-3-2-4-8-13)12-17-19-14-9-5-6-10-15(14)22-17/h5-6,9-10,13H,2-4,7-8,11-12H2,1H3,(H,18,21). The van der Waals surface area contributed by atoms with Crippen LogP contribution in [0.1, 0.15) is 37.1 Å². The van der Waals surface area contributed by atoms with E-state index in [1.54, 1.807) is 11.3 Å². The predicted octanol–water partition coefficient (Wildman–Crippen LogP) is 3.18. The van der Waals surface area contributed by atoms with Gasteiger partial charge >= 0.3 is 0 Å². The molecule has 1 aromatic carbocycles. The van der Waals surface area contributed by atoms with Crippen molar-refractivity contribution in [3.05, 3.63) is 29.3 Å². The van der Waals surface area contributed by atoms with Crippen molar-refractivity contribution in [1.82, 2.24) is 15.2 Å². The van der Waals surface area contributed by atoms with E-state index in [-0.39, 0.29) is 5.91 Å². The quantitative estimate of drug-likeness (QED) is 0.921. The summed E-state index contributed by atoms with van der Waals surface area (Å²) in [5.41, 5.74) is 1.04. The summed E-state index contributed by atoms with van der Waals surface area (Å²) in [5.74, 6) is 0.135. The first-order chi connectivity index (χ1) is 10.7. The second kappa shape index (κ2) is 7.20. The number of rotatable bonds is 5. The molecule has 3 rings (SSSR count). The normalized spacial score (nSPS) is 16.3. The van der Waals surface area contributed by atoms with Gasteiger partial charge in [0.1, 0.15) is 5.01 Å². The van der Waals surface area contributed by atoms with Crippen LogP contribution in [0, 0.1) is 0 Å². The van der Waals surface area contributed by atoms with E-state index in [1.165, 1.54) is 24.0 Å². The van der Waals surface area contributed by atoms with Crippen molar-refractivity contribution in [2.75, 3.05) is 13.6 Å². The molecule has 5 heteroatoms. The molecule has 0 spiro atoms. The molecule has 2 aromatic rings. The van der Waals surface area contributed by atoms with Crippen LogP contribution in [0.5, 0.6) is 0 Å². The van der Waals surface area contributed by atoms with Gasteiger partial charge in [0.15, 0.2) is 0 Å². The zero-order valence-corrected chi connectivity index (χ0v) is 13.9.